The van der Waals surface area contributed by atoms with Crippen molar-refractivity contribution < 1.29 is 23.9 Å². The molecule has 1 atom stereocenters. The highest BCUT2D eigenvalue weighted by molar-refractivity contribution is 5.97. The van der Waals surface area contributed by atoms with Crippen molar-refractivity contribution in [2.24, 2.45) is 5.92 Å². The number of aryl methyl sites for hydroxylation is 1. The molecule has 0 radical (unpaired) electrons. The van der Waals surface area contributed by atoms with Gasteiger partial charge in [0.2, 0.25) is 5.91 Å². The Bertz CT molecular complexity index is 690. The average molecular weight is 362 g/mol. The third kappa shape index (κ3) is 4.08. The Balaban J connectivity index is 1.58. The number of nitrogens with zero attached hydrogens (tertiary/aromatic N) is 1. The van der Waals surface area contributed by atoms with E-state index in [0.29, 0.717) is 24.2 Å². The molecule has 1 unspecified atom stereocenters. The fourth-order valence-electron chi connectivity index (χ4n) is 4.01. The zero-order chi connectivity index (χ0) is 18.7. The van der Waals surface area contributed by atoms with Crippen LogP contribution < -0.4 is 5.32 Å². The number of furan rings is 1. The van der Waals surface area contributed by atoms with Crippen LogP contribution in [-0.4, -0.2) is 46.9 Å². The van der Waals surface area contributed by atoms with Crippen molar-refractivity contribution in [2.75, 3.05) is 13.1 Å². The van der Waals surface area contributed by atoms with E-state index in [1.807, 2.05) is 4.90 Å². The number of carbonyl (C=O) groups excluding carboxylic acids is 2. The fraction of sp³-hybridized carbons (Fsp3) is 0.632. The summed E-state index contributed by atoms with van der Waals surface area (Å²) in [5.74, 6) is -0.854. The summed E-state index contributed by atoms with van der Waals surface area (Å²) in [7, 11) is 0. The van der Waals surface area contributed by atoms with E-state index in [4.69, 9.17) is 9.52 Å². The smallest absolute Gasteiger partial charge is 0.311 e. The molecule has 1 saturated carbocycles. The number of nitrogens with one attached hydrogen (secondary N) is 1. The van der Waals surface area contributed by atoms with E-state index in [-0.39, 0.29) is 36.0 Å². The lowest BCUT2D eigenvalue weighted by atomic mass is 9.88. The minimum atomic E-state index is -1.04. The Hall–Kier alpha value is -2.31. The van der Waals surface area contributed by atoms with E-state index in [0.717, 1.165) is 32.1 Å². The molecule has 26 heavy (non-hydrogen) atoms. The van der Waals surface area contributed by atoms with Crippen LogP contribution in [0.5, 0.6) is 0 Å². The van der Waals surface area contributed by atoms with Gasteiger partial charge in [-0.05, 0) is 26.2 Å². The molecule has 2 amide bonds. The molecule has 1 aromatic rings. The van der Waals surface area contributed by atoms with E-state index >= 15 is 0 Å². The maximum atomic E-state index is 12.6. The number of rotatable bonds is 5. The summed E-state index contributed by atoms with van der Waals surface area (Å²) in [4.78, 5) is 38.0. The van der Waals surface area contributed by atoms with E-state index in [2.05, 4.69) is 5.32 Å². The first-order valence-corrected chi connectivity index (χ1v) is 9.34. The maximum Gasteiger partial charge on any atom is 0.311 e. The molecule has 3 rings (SSSR count). The standard InChI is InChI=1S/C19H26N2O5/c1-12-11-26-15(9-16(22)23)17(12)18(24)20-14-7-8-21(10-14)19(25)13-5-3-2-4-6-13/h11,13-14H,2-10H2,1H3,(H,20,24)(H,22,23). The molecule has 1 aliphatic heterocycles. The van der Waals surface area contributed by atoms with Crippen LogP contribution in [0.3, 0.4) is 0 Å². The molecular formula is C19H26N2O5. The Morgan fingerprint density at radius 2 is 1.96 bits per heavy atom. The summed E-state index contributed by atoms with van der Waals surface area (Å²) in [5.41, 5.74) is 0.913. The minimum Gasteiger partial charge on any atom is -0.481 e. The van der Waals surface area contributed by atoms with Crippen LogP contribution in [0, 0.1) is 12.8 Å². The quantitative estimate of drug-likeness (QED) is 0.836. The zero-order valence-electron chi connectivity index (χ0n) is 15.1. The average Bonchev–Trinajstić information content (AvgIpc) is 3.21. The molecule has 0 bridgehead atoms. The molecule has 1 saturated heterocycles. The van der Waals surface area contributed by atoms with Gasteiger partial charge in [-0.1, -0.05) is 19.3 Å². The van der Waals surface area contributed by atoms with Gasteiger partial charge in [0.15, 0.2) is 0 Å². The van der Waals surface area contributed by atoms with Crippen molar-refractivity contribution in [1.29, 1.82) is 0 Å². The van der Waals surface area contributed by atoms with Crippen molar-refractivity contribution in [3.8, 4) is 0 Å². The van der Waals surface area contributed by atoms with Gasteiger partial charge in [-0.3, -0.25) is 14.4 Å². The summed E-state index contributed by atoms with van der Waals surface area (Å²) in [6, 6.07) is -0.109. The van der Waals surface area contributed by atoms with Crippen LogP contribution in [0.1, 0.15) is 60.2 Å². The van der Waals surface area contributed by atoms with Crippen molar-refractivity contribution in [3.05, 3.63) is 23.2 Å². The van der Waals surface area contributed by atoms with Gasteiger partial charge in [-0.2, -0.15) is 0 Å². The molecule has 1 aliphatic carbocycles. The van der Waals surface area contributed by atoms with E-state index < -0.39 is 5.97 Å². The predicted octanol–water partition coefficient (Wildman–Crippen LogP) is 2.13. The molecule has 0 spiro atoms. The van der Waals surface area contributed by atoms with Crippen molar-refractivity contribution in [1.82, 2.24) is 10.2 Å². The molecule has 142 valence electrons. The van der Waals surface area contributed by atoms with E-state index in [1.54, 1.807) is 6.92 Å². The van der Waals surface area contributed by atoms with Crippen molar-refractivity contribution in [3.63, 3.8) is 0 Å². The SMILES string of the molecule is Cc1coc(CC(=O)O)c1C(=O)NC1CCN(C(=O)C2CCCCC2)C1. The second-order valence-electron chi connectivity index (χ2n) is 7.37. The van der Waals surface area contributed by atoms with Crippen LogP contribution in [0.15, 0.2) is 10.7 Å². The number of carboxylic acids is 1. The topological polar surface area (TPSA) is 99.8 Å². The molecular weight excluding hydrogens is 336 g/mol. The molecule has 2 aliphatic rings. The molecule has 1 aromatic heterocycles. The molecule has 7 heteroatoms. The first-order chi connectivity index (χ1) is 12.5. The number of carbonyl (C=O) groups is 3. The summed E-state index contributed by atoms with van der Waals surface area (Å²) >= 11 is 0. The Labute approximate surface area is 152 Å². The second kappa shape index (κ2) is 7.93. The second-order valence-corrected chi connectivity index (χ2v) is 7.37. The van der Waals surface area contributed by atoms with Gasteiger partial charge < -0.3 is 19.7 Å². The highest BCUT2D eigenvalue weighted by Gasteiger charge is 2.33. The molecule has 2 fully saturated rings. The maximum absolute atomic E-state index is 12.6. The Morgan fingerprint density at radius 1 is 1.23 bits per heavy atom. The van der Waals surface area contributed by atoms with Gasteiger partial charge in [0.25, 0.3) is 5.91 Å². The van der Waals surface area contributed by atoms with Crippen LogP contribution in [0.25, 0.3) is 0 Å². The number of hydrogen-bond donors (Lipinski definition) is 2. The lowest BCUT2D eigenvalue weighted by Gasteiger charge is -2.26. The predicted molar refractivity (Wildman–Crippen MR) is 93.8 cm³/mol. The zero-order valence-corrected chi connectivity index (χ0v) is 15.1. The summed E-state index contributed by atoms with van der Waals surface area (Å²) in [6.07, 6.45) is 7.19. The highest BCUT2D eigenvalue weighted by atomic mass is 16.4. The highest BCUT2D eigenvalue weighted by Crippen LogP contribution is 2.27. The first kappa shape index (κ1) is 18.5. The van der Waals surface area contributed by atoms with Gasteiger partial charge >= 0.3 is 5.97 Å². The first-order valence-electron chi connectivity index (χ1n) is 9.34. The lowest BCUT2D eigenvalue weighted by Crippen LogP contribution is -2.40. The van der Waals surface area contributed by atoms with Gasteiger partial charge in [0.05, 0.1) is 11.8 Å². The molecule has 2 heterocycles. The number of amides is 2. The van der Waals surface area contributed by atoms with Crippen LogP contribution >= 0.6 is 0 Å². The Kier molecular flexibility index (Phi) is 5.64. The van der Waals surface area contributed by atoms with E-state index in [9.17, 15) is 14.4 Å². The summed E-state index contributed by atoms with van der Waals surface area (Å²) in [6.45, 7) is 2.90. The van der Waals surface area contributed by atoms with Gasteiger partial charge in [-0.15, -0.1) is 0 Å². The third-order valence-electron chi connectivity index (χ3n) is 5.38. The van der Waals surface area contributed by atoms with Gasteiger partial charge in [0.1, 0.15) is 12.2 Å². The van der Waals surface area contributed by atoms with Crippen molar-refractivity contribution >= 4 is 17.8 Å². The van der Waals surface area contributed by atoms with Crippen LogP contribution in [0.2, 0.25) is 0 Å². The number of aliphatic carboxylic acids is 1. The van der Waals surface area contributed by atoms with E-state index in [1.165, 1.54) is 12.7 Å². The molecule has 7 nitrogen and oxygen atoms in total. The third-order valence-corrected chi connectivity index (χ3v) is 5.38. The van der Waals surface area contributed by atoms with Crippen molar-refractivity contribution in [2.45, 2.75) is 57.9 Å². The fourth-order valence-corrected chi connectivity index (χ4v) is 4.01. The van der Waals surface area contributed by atoms with Gasteiger partial charge in [-0.25, -0.2) is 0 Å². The molecule has 2 N–H and O–H groups in total. The monoisotopic (exact) mass is 362 g/mol. The normalized spacial score (nSPS) is 21.0. The summed E-state index contributed by atoms with van der Waals surface area (Å²) < 4.78 is 5.22. The lowest BCUT2D eigenvalue weighted by molar-refractivity contribution is -0.137. The van der Waals surface area contributed by atoms with Gasteiger partial charge in [0, 0.05) is 30.6 Å². The number of hydrogen-bond acceptors (Lipinski definition) is 4. The summed E-state index contributed by atoms with van der Waals surface area (Å²) in [5, 5.41) is 11.9. The van der Waals surface area contributed by atoms with Crippen LogP contribution in [-0.2, 0) is 16.0 Å². The minimum absolute atomic E-state index is 0.109. The molecule has 0 aromatic carbocycles. The largest absolute Gasteiger partial charge is 0.481 e. The Morgan fingerprint density at radius 3 is 2.65 bits per heavy atom. The number of carboxylic acid groups (broad SMARTS) is 1. The number of likely N-dealkylation sites (tertiary alicyclic amines) is 1. The van der Waals surface area contributed by atoms with Crippen LogP contribution in [0.4, 0.5) is 0 Å².